The topological polar surface area (TPSA) is 59.8 Å². The van der Waals surface area contributed by atoms with Crippen molar-refractivity contribution in [2.45, 2.75) is 29.3 Å². The number of rotatable bonds is 6. The van der Waals surface area contributed by atoms with Gasteiger partial charge in [0.1, 0.15) is 11.1 Å². The second-order valence-corrected chi connectivity index (χ2v) is 7.61. The fourth-order valence-electron chi connectivity index (χ4n) is 2.81. The van der Waals surface area contributed by atoms with Crippen LogP contribution in [-0.4, -0.2) is 26.7 Å². The molecule has 1 aliphatic rings. The van der Waals surface area contributed by atoms with E-state index >= 15 is 0 Å². The number of carbonyl (C=O) groups is 1. The molecule has 27 heavy (non-hydrogen) atoms. The monoisotopic (exact) mass is 382 g/mol. The van der Waals surface area contributed by atoms with Crippen molar-refractivity contribution in [3.63, 3.8) is 0 Å². The van der Waals surface area contributed by atoms with Gasteiger partial charge >= 0.3 is 0 Å². The summed E-state index contributed by atoms with van der Waals surface area (Å²) in [5.41, 5.74) is 1.29. The number of hydrogen-bond acceptors (Lipinski definition) is 4. The molecular formula is C20H19FN4OS. The molecular weight excluding hydrogens is 363 g/mol. The van der Waals surface area contributed by atoms with Gasteiger partial charge in [0.05, 0.1) is 5.56 Å². The van der Waals surface area contributed by atoms with Crippen LogP contribution in [0.4, 0.5) is 4.39 Å². The zero-order valence-electron chi connectivity index (χ0n) is 14.8. The number of nitrogens with one attached hydrogen (secondary N) is 1. The van der Waals surface area contributed by atoms with Crippen molar-refractivity contribution in [1.82, 2.24) is 20.1 Å². The molecule has 1 atom stereocenters. The highest BCUT2D eigenvalue weighted by molar-refractivity contribution is 8.00. The molecule has 7 heteroatoms. The number of thioether (sulfide) groups is 1. The van der Waals surface area contributed by atoms with Crippen LogP contribution in [0.1, 0.15) is 23.7 Å². The van der Waals surface area contributed by atoms with Crippen molar-refractivity contribution in [3.8, 4) is 11.4 Å². The second-order valence-electron chi connectivity index (χ2n) is 6.54. The normalized spacial score (nSPS) is 14.7. The summed E-state index contributed by atoms with van der Waals surface area (Å²) in [5.74, 6) is 0.0461. The molecule has 3 aromatic rings. The molecule has 1 N–H and O–H groups in total. The van der Waals surface area contributed by atoms with E-state index in [1.807, 2.05) is 30.3 Å². The summed E-state index contributed by atoms with van der Waals surface area (Å²) in [5, 5.41) is 11.5. The van der Waals surface area contributed by atoms with Gasteiger partial charge in [0.15, 0.2) is 11.0 Å². The van der Waals surface area contributed by atoms with E-state index < -0.39 is 5.25 Å². The van der Waals surface area contributed by atoms with E-state index in [9.17, 15) is 9.18 Å². The van der Waals surface area contributed by atoms with Gasteiger partial charge in [-0.1, -0.05) is 54.2 Å². The molecule has 1 aliphatic carbocycles. The lowest BCUT2D eigenvalue weighted by molar-refractivity contribution is -0.120. The fraction of sp³-hybridized carbons (Fsp3) is 0.250. The standard InChI is InChI=1S/C20H19FN4OS/c1-25-18(15-9-5-6-10-16(15)21)23-24-20(25)27-17(13-7-3-2-4-8-13)19(26)22-14-11-12-14/h2-10,14,17H,11-12H2,1H3,(H,22,26). The number of aromatic nitrogens is 3. The second kappa shape index (κ2) is 7.52. The summed E-state index contributed by atoms with van der Waals surface area (Å²) >= 11 is 1.32. The first-order chi connectivity index (χ1) is 13.1. The molecule has 1 heterocycles. The molecule has 1 aromatic heterocycles. The van der Waals surface area contributed by atoms with Crippen molar-refractivity contribution in [2.75, 3.05) is 0 Å². The third kappa shape index (κ3) is 3.88. The van der Waals surface area contributed by atoms with Crippen molar-refractivity contribution in [1.29, 1.82) is 0 Å². The maximum Gasteiger partial charge on any atom is 0.238 e. The first-order valence-corrected chi connectivity index (χ1v) is 9.67. The van der Waals surface area contributed by atoms with E-state index in [0.29, 0.717) is 16.5 Å². The summed E-state index contributed by atoms with van der Waals surface area (Å²) in [7, 11) is 1.78. The smallest absolute Gasteiger partial charge is 0.238 e. The Bertz CT molecular complexity index is 956. The van der Waals surface area contributed by atoms with Crippen LogP contribution in [0.25, 0.3) is 11.4 Å². The number of benzene rings is 2. The maximum absolute atomic E-state index is 14.1. The minimum Gasteiger partial charge on any atom is -0.352 e. The van der Waals surface area contributed by atoms with Gasteiger partial charge < -0.3 is 9.88 Å². The van der Waals surface area contributed by atoms with Gasteiger partial charge in [-0.15, -0.1) is 10.2 Å². The summed E-state index contributed by atoms with van der Waals surface area (Å²) in [6, 6.07) is 16.3. The predicted octanol–water partition coefficient (Wildman–Crippen LogP) is 3.73. The molecule has 1 amide bonds. The minimum atomic E-state index is -0.442. The Balaban J connectivity index is 1.63. The highest BCUT2D eigenvalue weighted by atomic mass is 32.2. The summed E-state index contributed by atoms with van der Waals surface area (Å²) in [6.07, 6.45) is 2.05. The first kappa shape index (κ1) is 17.7. The molecule has 2 aromatic carbocycles. The number of carbonyl (C=O) groups excluding carboxylic acids is 1. The van der Waals surface area contributed by atoms with Gasteiger partial charge in [-0.25, -0.2) is 4.39 Å². The molecule has 0 radical (unpaired) electrons. The first-order valence-electron chi connectivity index (χ1n) is 8.80. The zero-order chi connectivity index (χ0) is 18.8. The Morgan fingerprint density at radius 3 is 2.56 bits per heavy atom. The third-order valence-corrected chi connectivity index (χ3v) is 5.73. The lowest BCUT2D eigenvalue weighted by atomic mass is 10.1. The number of hydrogen-bond donors (Lipinski definition) is 1. The Morgan fingerprint density at radius 2 is 1.85 bits per heavy atom. The molecule has 0 spiro atoms. The molecule has 0 saturated heterocycles. The average molecular weight is 382 g/mol. The maximum atomic E-state index is 14.1. The summed E-state index contributed by atoms with van der Waals surface area (Å²) < 4.78 is 15.8. The van der Waals surface area contributed by atoms with E-state index in [1.165, 1.54) is 17.8 Å². The van der Waals surface area contributed by atoms with E-state index in [-0.39, 0.29) is 17.8 Å². The molecule has 5 nitrogen and oxygen atoms in total. The van der Waals surface area contributed by atoms with Gasteiger partial charge in [0.25, 0.3) is 0 Å². The summed E-state index contributed by atoms with van der Waals surface area (Å²) in [6.45, 7) is 0. The lowest BCUT2D eigenvalue weighted by Crippen LogP contribution is -2.29. The van der Waals surface area contributed by atoms with Gasteiger partial charge in [0.2, 0.25) is 5.91 Å². The fourth-order valence-corrected chi connectivity index (χ4v) is 3.82. The van der Waals surface area contributed by atoms with Crippen LogP contribution < -0.4 is 5.32 Å². The quantitative estimate of drug-likeness (QED) is 0.660. The van der Waals surface area contributed by atoms with Crippen LogP contribution in [0.5, 0.6) is 0 Å². The molecule has 4 rings (SSSR count). The van der Waals surface area contributed by atoms with E-state index in [1.54, 1.807) is 29.8 Å². The van der Waals surface area contributed by atoms with E-state index in [4.69, 9.17) is 0 Å². The third-order valence-electron chi connectivity index (χ3n) is 4.44. The van der Waals surface area contributed by atoms with Crippen molar-refractivity contribution < 1.29 is 9.18 Å². The van der Waals surface area contributed by atoms with E-state index in [0.717, 1.165) is 18.4 Å². The molecule has 138 valence electrons. The number of halogens is 1. The van der Waals surface area contributed by atoms with Crippen LogP contribution in [0.3, 0.4) is 0 Å². The number of nitrogens with zero attached hydrogens (tertiary/aromatic N) is 3. The van der Waals surface area contributed by atoms with Crippen LogP contribution in [0, 0.1) is 5.82 Å². The Morgan fingerprint density at radius 1 is 1.15 bits per heavy atom. The summed E-state index contributed by atoms with van der Waals surface area (Å²) in [4.78, 5) is 12.8. The van der Waals surface area contributed by atoms with Crippen molar-refractivity contribution in [2.24, 2.45) is 7.05 Å². The van der Waals surface area contributed by atoms with Gasteiger partial charge in [-0.3, -0.25) is 4.79 Å². The Hall–Kier alpha value is -2.67. The zero-order valence-corrected chi connectivity index (χ0v) is 15.6. The van der Waals surface area contributed by atoms with E-state index in [2.05, 4.69) is 15.5 Å². The van der Waals surface area contributed by atoms with Gasteiger partial charge in [-0.05, 0) is 30.5 Å². The van der Waals surface area contributed by atoms with Crippen LogP contribution in [-0.2, 0) is 11.8 Å². The van der Waals surface area contributed by atoms with Gasteiger partial charge in [0, 0.05) is 13.1 Å². The largest absolute Gasteiger partial charge is 0.352 e. The van der Waals surface area contributed by atoms with Gasteiger partial charge in [-0.2, -0.15) is 0 Å². The van der Waals surface area contributed by atoms with Crippen LogP contribution in [0.15, 0.2) is 59.8 Å². The van der Waals surface area contributed by atoms with Crippen LogP contribution in [0.2, 0.25) is 0 Å². The van der Waals surface area contributed by atoms with Crippen LogP contribution >= 0.6 is 11.8 Å². The lowest BCUT2D eigenvalue weighted by Gasteiger charge is -2.16. The molecule has 1 saturated carbocycles. The highest BCUT2D eigenvalue weighted by Crippen LogP contribution is 2.36. The molecule has 1 fully saturated rings. The SMILES string of the molecule is Cn1c(SC(C(=O)NC2CC2)c2ccccc2)nnc1-c1ccccc1F. The highest BCUT2D eigenvalue weighted by Gasteiger charge is 2.30. The van der Waals surface area contributed by atoms with Crippen molar-refractivity contribution >= 4 is 17.7 Å². The predicted molar refractivity (Wildman–Crippen MR) is 103 cm³/mol. The minimum absolute atomic E-state index is 0.0378. The Labute approximate surface area is 161 Å². The molecule has 0 aliphatic heterocycles. The Kier molecular flexibility index (Phi) is 4.94. The number of amides is 1. The molecule has 1 unspecified atom stereocenters. The van der Waals surface area contributed by atoms with Crippen molar-refractivity contribution in [3.05, 3.63) is 66.0 Å². The average Bonchev–Trinajstić information content (AvgIpc) is 3.42. The molecule has 0 bridgehead atoms.